The first-order valence-electron chi connectivity index (χ1n) is 11.3. The molecule has 0 amide bonds. The minimum atomic E-state index is -3.75. The molecule has 0 N–H and O–H groups in total. The highest BCUT2D eigenvalue weighted by Gasteiger charge is 2.27. The molecule has 2 aromatic carbocycles. The lowest BCUT2D eigenvalue weighted by Gasteiger charge is -2.28. The second-order valence-electron chi connectivity index (χ2n) is 9.19. The lowest BCUT2D eigenvalue weighted by molar-refractivity contribution is 0.301. The average Bonchev–Trinajstić information content (AvgIpc) is 3.08. The summed E-state index contributed by atoms with van der Waals surface area (Å²) in [4.78, 5) is 0.238. The van der Waals surface area contributed by atoms with Gasteiger partial charge >= 0.3 is 0 Å². The van der Waals surface area contributed by atoms with E-state index >= 15 is 0 Å². The zero-order chi connectivity index (χ0) is 24.3. The monoisotopic (exact) mass is 470 g/mol. The summed E-state index contributed by atoms with van der Waals surface area (Å²) in [5.74, 6) is 1.78. The Balaban J connectivity index is 1.90. The van der Waals surface area contributed by atoms with Crippen molar-refractivity contribution in [1.29, 1.82) is 0 Å². The van der Waals surface area contributed by atoms with E-state index < -0.39 is 10.0 Å². The number of ether oxygens (including phenoxy) is 1. The summed E-state index contributed by atoms with van der Waals surface area (Å²) >= 11 is 0. The molecule has 3 rings (SSSR count). The molecule has 0 fully saturated rings. The van der Waals surface area contributed by atoms with Gasteiger partial charge in [-0.2, -0.15) is 0 Å². The van der Waals surface area contributed by atoms with Crippen LogP contribution in [0.3, 0.4) is 0 Å². The Bertz CT molecular complexity index is 1180. The maximum absolute atomic E-state index is 13.7. The Kier molecular flexibility index (Phi) is 7.52. The number of aromatic nitrogens is 1. The van der Waals surface area contributed by atoms with Crippen LogP contribution in [-0.2, 0) is 16.6 Å². The summed E-state index contributed by atoms with van der Waals surface area (Å²) < 4.78 is 40.0. The van der Waals surface area contributed by atoms with Gasteiger partial charge in [-0.3, -0.25) is 4.31 Å². The molecule has 0 aliphatic heterocycles. The third kappa shape index (κ3) is 5.58. The predicted octanol–water partition coefficient (Wildman–Crippen LogP) is 6.15. The van der Waals surface area contributed by atoms with Gasteiger partial charge < -0.3 is 9.26 Å². The van der Waals surface area contributed by atoms with E-state index in [2.05, 4.69) is 25.1 Å². The molecule has 178 valence electrons. The molecule has 0 aliphatic rings. The molecule has 33 heavy (non-hydrogen) atoms. The van der Waals surface area contributed by atoms with E-state index in [9.17, 15) is 8.42 Å². The second kappa shape index (κ2) is 10.00. The number of hydrogen-bond donors (Lipinski definition) is 0. The van der Waals surface area contributed by atoms with Crippen LogP contribution in [0.2, 0.25) is 0 Å². The van der Waals surface area contributed by atoms with Gasteiger partial charge in [0.25, 0.3) is 10.0 Å². The Morgan fingerprint density at radius 1 is 1.00 bits per heavy atom. The Morgan fingerprint density at radius 2 is 1.67 bits per heavy atom. The van der Waals surface area contributed by atoms with Crippen LogP contribution in [0.4, 0.5) is 5.69 Å². The van der Waals surface area contributed by atoms with Crippen LogP contribution in [0, 0.1) is 26.7 Å². The number of benzene rings is 2. The molecule has 7 heteroatoms. The molecular formula is C26H34N2O4S. The molecule has 0 aliphatic carbocycles. The van der Waals surface area contributed by atoms with Gasteiger partial charge in [0.2, 0.25) is 0 Å². The van der Waals surface area contributed by atoms with Gasteiger partial charge in [0, 0.05) is 6.54 Å². The van der Waals surface area contributed by atoms with E-state index in [1.54, 1.807) is 28.6 Å². The lowest BCUT2D eigenvalue weighted by Crippen LogP contribution is -2.35. The zero-order valence-corrected chi connectivity index (χ0v) is 21.4. The Hall–Kier alpha value is -2.80. The Morgan fingerprint density at radius 3 is 2.21 bits per heavy atom. The van der Waals surface area contributed by atoms with E-state index in [1.807, 2.05) is 46.8 Å². The van der Waals surface area contributed by atoms with Crippen molar-refractivity contribution in [2.45, 2.75) is 65.9 Å². The second-order valence-corrected chi connectivity index (χ2v) is 11.1. The van der Waals surface area contributed by atoms with E-state index in [4.69, 9.17) is 9.26 Å². The highest BCUT2D eigenvalue weighted by molar-refractivity contribution is 7.92. The van der Waals surface area contributed by atoms with E-state index in [0.717, 1.165) is 33.8 Å². The molecular weight excluding hydrogens is 436 g/mol. The number of hydrogen-bond acceptors (Lipinski definition) is 5. The summed E-state index contributed by atoms with van der Waals surface area (Å²) in [6, 6.07) is 12.7. The zero-order valence-electron chi connectivity index (χ0n) is 20.5. The normalized spacial score (nSPS) is 11.9. The van der Waals surface area contributed by atoms with Crippen LogP contribution in [-0.4, -0.2) is 20.1 Å². The van der Waals surface area contributed by atoms with Gasteiger partial charge in [-0.1, -0.05) is 45.0 Å². The van der Waals surface area contributed by atoms with Gasteiger partial charge in [-0.25, -0.2) is 8.42 Å². The van der Waals surface area contributed by atoms with Crippen LogP contribution in [0.1, 0.15) is 61.8 Å². The van der Waals surface area contributed by atoms with Crippen molar-refractivity contribution in [2.24, 2.45) is 5.92 Å². The predicted molar refractivity (Wildman–Crippen MR) is 131 cm³/mol. The molecule has 0 unspecified atom stereocenters. The van der Waals surface area contributed by atoms with Gasteiger partial charge in [0.15, 0.2) is 0 Å². The molecule has 0 saturated heterocycles. The van der Waals surface area contributed by atoms with Gasteiger partial charge in [-0.15, -0.1) is 0 Å². The molecule has 0 atom stereocenters. The smallest absolute Gasteiger partial charge is 0.264 e. The van der Waals surface area contributed by atoms with Crippen LogP contribution < -0.4 is 9.04 Å². The fourth-order valence-corrected chi connectivity index (χ4v) is 5.29. The van der Waals surface area contributed by atoms with Crippen LogP contribution in [0.15, 0.2) is 51.9 Å². The number of nitrogens with zero attached hydrogens (tertiary/aromatic N) is 2. The molecule has 0 spiro atoms. The van der Waals surface area contributed by atoms with Crippen LogP contribution in [0.25, 0.3) is 0 Å². The molecule has 0 radical (unpaired) electrons. The minimum Gasteiger partial charge on any atom is -0.489 e. The van der Waals surface area contributed by atoms with Crippen LogP contribution in [0.5, 0.6) is 5.75 Å². The maximum Gasteiger partial charge on any atom is 0.264 e. The fourth-order valence-electron chi connectivity index (χ4n) is 3.61. The standard InChI is InChI=1S/C26H34N2O4S/c1-17(2)15-28(26-14-22(18(3)4)9-8-19(26)5)33(29,30)24-12-10-23(11-13-24)31-16-25-20(6)27-32-21(25)7/h8-14,17-18H,15-16H2,1-7H3. The van der Waals surface area contributed by atoms with Gasteiger partial charge in [0.1, 0.15) is 18.1 Å². The molecule has 3 aromatic rings. The Labute approximate surface area is 197 Å². The summed E-state index contributed by atoms with van der Waals surface area (Å²) in [6.07, 6.45) is 0. The van der Waals surface area contributed by atoms with Crippen molar-refractivity contribution in [3.8, 4) is 5.75 Å². The quantitative estimate of drug-likeness (QED) is 0.375. The number of anilines is 1. The summed E-state index contributed by atoms with van der Waals surface area (Å²) in [7, 11) is -3.75. The summed E-state index contributed by atoms with van der Waals surface area (Å²) in [5.41, 5.74) is 4.46. The molecule has 1 aromatic heterocycles. The first-order chi connectivity index (χ1) is 15.5. The molecule has 0 saturated carbocycles. The number of sulfonamides is 1. The number of aryl methyl sites for hydroxylation is 3. The molecule has 6 nitrogen and oxygen atoms in total. The van der Waals surface area contributed by atoms with E-state index in [1.165, 1.54) is 0 Å². The van der Waals surface area contributed by atoms with Gasteiger partial charge in [-0.05, 0) is 74.1 Å². The topological polar surface area (TPSA) is 72.6 Å². The number of rotatable bonds is 9. The van der Waals surface area contributed by atoms with Crippen molar-refractivity contribution in [1.82, 2.24) is 5.16 Å². The third-order valence-electron chi connectivity index (χ3n) is 5.68. The average molecular weight is 471 g/mol. The first-order valence-corrected chi connectivity index (χ1v) is 12.7. The SMILES string of the molecule is Cc1ccc(C(C)C)cc1N(CC(C)C)S(=O)(=O)c1ccc(OCc2c(C)noc2C)cc1. The van der Waals surface area contributed by atoms with Crippen LogP contribution >= 0.6 is 0 Å². The van der Waals surface area contributed by atoms with Crippen molar-refractivity contribution in [3.05, 3.63) is 70.6 Å². The van der Waals surface area contributed by atoms with Gasteiger partial charge in [0.05, 0.1) is 21.8 Å². The van der Waals surface area contributed by atoms with Crippen molar-refractivity contribution >= 4 is 15.7 Å². The van der Waals surface area contributed by atoms with Crippen molar-refractivity contribution < 1.29 is 17.7 Å². The molecule has 0 bridgehead atoms. The van der Waals surface area contributed by atoms with E-state index in [0.29, 0.717) is 24.8 Å². The highest BCUT2D eigenvalue weighted by atomic mass is 32.2. The fraction of sp³-hybridized carbons (Fsp3) is 0.423. The minimum absolute atomic E-state index is 0.166. The van der Waals surface area contributed by atoms with E-state index in [-0.39, 0.29) is 10.8 Å². The summed E-state index contributed by atoms with van der Waals surface area (Å²) in [6.45, 7) is 14.6. The lowest BCUT2D eigenvalue weighted by atomic mass is 10.0. The first kappa shape index (κ1) is 24.8. The maximum atomic E-state index is 13.7. The highest BCUT2D eigenvalue weighted by Crippen LogP contribution is 2.31. The van der Waals surface area contributed by atoms with Crippen molar-refractivity contribution in [3.63, 3.8) is 0 Å². The largest absolute Gasteiger partial charge is 0.489 e. The third-order valence-corrected chi connectivity index (χ3v) is 7.47. The van der Waals surface area contributed by atoms with Crippen molar-refractivity contribution in [2.75, 3.05) is 10.8 Å². The summed E-state index contributed by atoms with van der Waals surface area (Å²) in [5, 5.41) is 3.93. The molecule has 1 heterocycles.